The van der Waals surface area contributed by atoms with Crippen LogP contribution < -0.4 is 4.74 Å². The maximum absolute atomic E-state index is 6.60. The molecule has 0 N–H and O–H groups in total. The average molecular weight is 535 g/mol. The SMILES string of the molecule is CC(C)(C)Cc1ccc2c(ccc3c4ccnc(-c5cccc(Oc6cccc(-c7ccccn7)c6)c5)c4oc23)c1. The van der Waals surface area contributed by atoms with Gasteiger partial charge in [0.15, 0.2) is 5.58 Å². The van der Waals surface area contributed by atoms with E-state index in [1.807, 2.05) is 79.0 Å². The van der Waals surface area contributed by atoms with Crippen LogP contribution in [0.2, 0.25) is 0 Å². The van der Waals surface area contributed by atoms with Crippen LogP contribution in [-0.4, -0.2) is 9.97 Å². The van der Waals surface area contributed by atoms with E-state index in [-0.39, 0.29) is 5.41 Å². The zero-order valence-electron chi connectivity index (χ0n) is 23.4. The van der Waals surface area contributed by atoms with Gasteiger partial charge in [0.2, 0.25) is 0 Å². The lowest BCUT2D eigenvalue weighted by atomic mass is 9.87. The van der Waals surface area contributed by atoms with Crippen LogP contribution in [0.4, 0.5) is 0 Å². The lowest BCUT2D eigenvalue weighted by Gasteiger charge is -2.18. The number of hydrogen-bond acceptors (Lipinski definition) is 4. The first-order valence-corrected chi connectivity index (χ1v) is 13.9. The molecule has 3 aromatic heterocycles. The van der Waals surface area contributed by atoms with Crippen LogP contribution in [0.5, 0.6) is 11.5 Å². The predicted molar refractivity (Wildman–Crippen MR) is 167 cm³/mol. The monoisotopic (exact) mass is 534 g/mol. The molecule has 0 radical (unpaired) electrons. The summed E-state index contributed by atoms with van der Waals surface area (Å²) in [4.78, 5) is 9.21. The summed E-state index contributed by atoms with van der Waals surface area (Å²) in [7, 11) is 0. The standard InChI is InChI=1S/C37H30N2O2/c1-37(2,3)23-24-13-15-30-25(20-24)14-16-31-32-17-19-39-34(36(32)41-35(30)31)27-9-7-11-29(22-27)40-28-10-6-8-26(21-28)33-12-4-5-18-38-33/h4-22H,23H2,1-3H3. The first kappa shape index (κ1) is 25.0. The molecule has 0 fully saturated rings. The van der Waals surface area contributed by atoms with Gasteiger partial charge in [-0.3, -0.25) is 9.97 Å². The van der Waals surface area contributed by atoms with Crippen molar-refractivity contribution in [1.82, 2.24) is 9.97 Å². The second-order valence-electron chi connectivity index (χ2n) is 11.7. The van der Waals surface area contributed by atoms with Crippen LogP contribution in [0.3, 0.4) is 0 Å². The highest BCUT2D eigenvalue weighted by Gasteiger charge is 2.17. The Kier molecular flexibility index (Phi) is 6.05. The van der Waals surface area contributed by atoms with Gasteiger partial charge in [-0.15, -0.1) is 0 Å². The van der Waals surface area contributed by atoms with E-state index in [2.05, 4.69) is 56.1 Å². The summed E-state index contributed by atoms with van der Waals surface area (Å²) in [6, 6.07) is 35.0. The van der Waals surface area contributed by atoms with Crippen molar-refractivity contribution in [2.24, 2.45) is 5.41 Å². The van der Waals surface area contributed by atoms with Gasteiger partial charge in [0.1, 0.15) is 22.8 Å². The van der Waals surface area contributed by atoms with Crippen LogP contribution >= 0.6 is 0 Å². The summed E-state index contributed by atoms with van der Waals surface area (Å²) in [6.07, 6.45) is 4.68. The molecular formula is C37H30N2O2. The van der Waals surface area contributed by atoms with Crippen molar-refractivity contribution in [3.63, 3.8) is 0 Å². The summed E-state index contributed by atoms with van der Waals surface area (Å²) < 4.78 is 12.9. The van der Waals surface area contributed by atoms with E-state index in [4.69, 9.17) is 14.1 Å². The fraction of sp³-hybridized carbons (Fsp3) is 0.135. The molecule has 4 nitrogen and oxygen atoms in total. The van der Waals surface area contributed by atoms with Crippen molar-refractivity contribution in [2.45, 2.75) is 27.2 Å². The number of pyridine rings is 2. The van der Waals surface area contributed by atoms with Crippen LogP contribution in [0.1, 0.15) is 26.3 Å². The summed E-state index contributed by atoms with van der Waals surface area (Å²) >= 11 is 0. The molecule has 4 aromatic carbocycles. The largest absolute Gasteiger partial charge is 0.457 e. The van der Waals surface area contributed by atoms with Gasteiger partial charge in [-0.05, 0) is 71.3 Å². The Balaban J connectivity index is 1.26. The van der Waals surface area contributed by atoms with E-state index in [9.17, 15) is 0 Å². The van der Waals surface area contributed by atoms with E-state index >= 15 is 0 Å². The Bertz CT molecular complexity index is 2030. The molecule has 0 aliphatic heterocycles. The Labute approximate surface area is 239 Å². The van der Waals surface area contributed by atoms with Gasteiger partial charge in [-0.25, -0.2) is 0 Å². The zero-order valence-corrected chi connectivity index (χ0v) is 23.4. The maximum Gasteiger partial charge on any atom is 0.161 e. The minimum Gasteiger partial charge on any atom is -0.457 e. The van der Waals surface area contributed by atoms with E-state index < -0.39 is 0 Å². The lowest BCUT2D eigenvalue weighted by Crippen LogP contribution is -2.08. The second-order valence-corrected chi connectivity index (χ2v) is 11.7. The minimum atomic E-state index is 0.234. The summed E-state index contributed by atoms with van der Waals surface area (Å²) in [5, 5.41) is 4.46. The summed E-state index contributed by atoms with van der Waals surface area (Å²) in [5.41, 5.74) is 6.89. The van der Waals surface area contributed by atoms with Gasteiger partial charge < -0.3 is 9.15 Å². The van der Waals surface area contributed by atoms with Crippen molar-refractivity contribution in [3.05, 3.63) is 121 Å². The zero-order chi connectivity index (χ0) is 28.0. The molecule has 3 heterocycles. The van der Waals surface area contributed by atoms with Gasteiger partial charge in [0.25, 0.3) is 0 Å². The number of furan rings is 1. The van der Waals surface area contributed by atoms with Gasteiger partial charge in [0, 0.05) is 39.7 Å². The topological polar surface area (TPSA) is 48.2 Å². The first-order chi connectivity index (χ1) is 19.9. The number of aromatic nitrogens is 2. The maximum atomic E-state index is 6.60. The minimum absolute atomic E-state index is 0.234. The molecule has 7 rings (SSSR count). The number of nitrogens with zero attached hydrogens (tertiary/aromatic N) is 2. The Morgan fingerprint density at radius 1 is 0.634 bits per heavy atom. The van der Waals surface area contributed by atoms with Crippen molar-refractivity contribution >= 4 is 32.7 Å². The van der Waals surface area contributed by atoms with Crippen molar-refractivity contribution in [2.75, 3.05) is 0 Å². The molecule has 0 amide bonds. The number of rotatable bonds is 5. The molecule has 41 heavy (non-hydrogen) atoms. The lowest BCUT2D eigenvalue weighted by molar-refractivity contribution is 0.411. The molecule has 0 atom stereocenters. The van der Waals surface area contributed by atoms with E-state index in [1.165, 1.54) is 10.9 Å². The molecule has 0 aliphatic carbocycles. The average Bonchev–Trinajstić information content (AvgIpc) is 3.36. The van der Waals surface area contributed by atoms with Crippen molar-refractivity contribution in [1.29, 1.82) is 0 Å². The number of fused-ring (bicyclic) bond motifs is 5. The van der Waals surface area contributed by atoms with E-state index in [0.717, 1.165) is 67.8 Å². The van der Waals surface area contributed by atoms with Crippen LogP contribution in [0.25, 0.3) is 55.2 Å². The molecular weight excluding hydrogens is 504 g/mol. The highest BCUT2D eigenvalue weighted by atomic mass is 16.5. The Hall–Kier alpha value is -4.96. The quantitative estimate of drug-likeness (QED) is 0.220. The highest BCUT2D eigenvalue weighted by molar-refractivity contribution is 6.16. The first-order valence-electron chi connectivity index (χ1n) is 13.9. The van der Waals surface area contributed by atoms with Gasteiger partial charge in [-0.1, -0.05) is 75.4 Å². The number of benzene rings is 4. The Morgan fingerprint density at radius 3 is 2.17 bits per heavy atom. The summed E-state index contributed by atoms with van der Waals surface area (Å²) in [5.74, 6) is 1.48. The van der Waals surface area contributed by atoms with Gasteiger partial charge in [-0.2, -0.15) is 0 Å². The second kappa shape index (κ2) is 9.90. The predicted octanol–water partition coefficient (Wildman–Crippen LogP) is 10.2. The fourth-order valence-electron chi connectivity index (χ4n) is 5.56. The summed E-state index contributed by atoms with van der Waals surface area (Å²) in [6.45, 7) is 6.81. The Morgan fingerprint density at radius 2 is 1.39 bits per heavy atom. The van der Waals surface area contributed by atoms with E-state index in [0.29, 0.717) is 0 Å². The van der Waals surface area contributed by atoms with E-state index in [1.54, 1.807) is 6.20 Å². The third-order valence-electron chi connectivity index (χ3n) is 7.31. The number of hydrogen-bond donors (Lipinski definition) is 0. The van der Waals surface area contributed by atoms with Gasteiger partial charge >= 0.3 is 0 Å². The molecule has 0 aliphatic rings. The van der Waals surface area contributed by atoms with Gasteiger partial charge in [0.05, 0.1) is 5.69 Å². The molecule has 4 heteroatoms. The molecule has 0 bridgehead atoms. The van der Waals surface area contributed by atoms with Crippen molar-refractivity contribution in [3.8, 4) is 34.0 Å². The number of ether oxygens (including phenoxy) is 1. The molecule has 0 saturated carbocycles. The molecule has 0 unspecified atom stereocenters. The van der Waals surface area contributed by atoms with Crippen LogP contribution in [0, 0.1) is 5.41 Å². The third-order valence-corrected chi connectivity index (χ3v) is 7.31. The van der Waals surface area contributed by atoms with Crippen LogP contribution in [-0.2, 0) is 6.42 Å². The third kappa shape index (κ3) is 4.93. The molecule has 0 saturated heterocycles. The van der Waals surface area contributed by atoms with Crippen LogP contribution in [0.15, 0.2) is 120 Å². The highest BCUT2D eigenvalue weighted by Crippen LogP contribution is 2.39. The smallest absolute Gasteiger partial charge is 0.161 e. The normalized spacial score (nSPS) is 11.9. The fourth-order valence-corrected chi connectivity index (χ4v) is 5.56. The van der Waals surface area contributed by atoms with Crippen molar-refractivity contribution < 1.29 is 9.15 Å². The molecule has 7 aromatic rings. The molecule has 0 spiro atoms. The molecule has 200 valence electrons.